The summed E-state index contributed by atoms with van der Waals surface area (Å²) in [4.78, 5) is 50.5. The van der Waals surface area contributed by atoms with Crippen LogP contribution in [-0.4, -0.2) is 68.0 Å². The lowest BCUT2D eigenvalue weighted by Crippen LogP contribution is -2.27. The minimum atomic E-state index is -0.750. The van der Waals surface area contributed by atoms with Gasteiger partial charge in [-0.1, -0.05) is 64.7 Å². The molecule has 0 radical (unpaired) electrons. The van der Waals surface area contributed by atoms with Crippen molar-refractivity contribution in [1.29, 1.82) is 0 Å². The average Bonchev–Trinajstić information content (AvgIpc) is 2.98. The molecule has 0 heterocycles. The number of carboxylic acid groups (broad SMARTS) is 4. The average molecular weight is 653 g/mol. The molecule has 0 aromatic carbocycles. The predicted octanol–water partition coefficient (Wildman–Crippen LogP) is 7.80. The molecule has 3 rings (SSSR count). The van der Waals surface area contributed by atoms with Crippen LogP contribution in [0.1, 0.15) is 133 Å². The van der Waals surface area contributed by atoms with Gasteiger partial charge in [0.1, 0.15) is 0 Å². The van der Waals surface area contributed by atoms with Crippen LogP contribution in [0, 0.1) is 41.4 Å². The molecule has 0 saturated heterocycles. The summed E-state index contributed by atoms with van der Waals surface area (Å²) in [7, 11) is 0. The zero-order valence-electron chi connectivity index (χ0n) is 27.0. The minimum Gasteiger partial charge on any atom is -0.481 e. The molecule has 3 aliphatic rings. The minimum absolute atomic E-state index is 0. The molecular weight excluding hydrogens is 588 g/mol. The zero-order valence-corrected chi connectivity index (χ0v) is 27.0. The van der Waals surface area contributed by atoms with Crippen LogP contribution in [-0.2, 0) is 29.0 Å². The van der Waals surface area contributed by atoms with Gasteiger partial charge in [-0.3, -0.25) is 29.7 Å². The maximum absolute atomic E-state index is 10.6. The Balaban J connectivity index is -0.000000617. The van der Waals surface area contributed by atoms with E-state index in [0.29, 0.717) is 55.6 Å². The molecule has 6 N–H and O–H groups in total. The van der Waals surface area contributed by atoms with Crippen molar-refractivity contribution in [2.45, 2.75) is 129 Å². The molecule has 12 nitrogen and oxygen atoms in total. The van der Waals surface area contributed by atoms with Crippen LogP contribution < -0.4 is 0 Å². The molecule has 0 aromatic rings. The lowest BCUT2D eigenvalue weighted by molar-refractivity contribution is -0.245. The van der Waals surface area contributed by atoms with Crippen molar-refractivity contribution in [3.63, 3.8) is 0 Å². The van der Waals surface area contributed by atoms with Crippen LogP contribution >= 0.6 is 0 Å². The van der Waals surface area contributed by atoms with Gasteiger partial charge in [0.05, 0.1) is 13.2 Å². The van der Waals surface area contributed by atoms with Gasteiger partial charge in [-0.15, -0.1) is 0 Å². The van der Waals surface area contributed by atoms with E-state index >= 15 is 0 Å². The zero-order chi connectivity index (χ0) is 33.6. The number of rotatable bonds is 16. The Hall–Kier alpha value is -2.28. The molecule has 0 aromatic heterocycles. The van der Waals surface area contributed by atoms with E-state index in [2.05, 4.69) is 16.7 Å². The molecular formula is C33H64O12. The highest BCUT2D eigenvalue weighted by Crippen LogP contribution is 2.40. The van der Waals surface area contributed by atoms with E-state index < -0.39 is 23.9 Å². The van der Waals surface area contributed by atoms with Crippen molar-refractivity contribution >= 4 is 23.9 Å². The van der Waals surface area contributed by atoms with Crippen molar-refractivity contribution < 1.29 is 64.2 Å². The number of carbonyl (C=O) groups is 4. The summed E-state index contributed by atoms with van der Waals surface area (Å²) in [5.41, 5.74) is 0. The van der Waals surface area contributed by atoms with Crippen LogP contribution in [0.15, 0.2) is 0 Å². The Morgan fingerprint density at radius 1 is 0.533 bits per heavy atom. The standard InChI is InChI=1S/C13H22O4.2C10H18O4.3H2/c1-9-3-2-4-10(5-7-12(14)15)11(9)6-8-13(16)17;2*11-10(12)7-9-4-2-1-3-8(9)5-6-14-13;;;/h9-11H,2-8H2,1H3,(H,14,15)(H,16,17);2*8-9,13H,1-7H2,(H,11,12);3*1H. The summed E-state index contributed by atoms with van der Waals surface area (Å²) in [5, 5.41) is 51.4. The topological polar surface area (TPSA) is 208 Å². The summed E-state index contributed by atoms with van der Waals surface area (Å²) in [6, 6.07) is 0. The van der Waals surface area contributed by atoms with E-state index in [0.717, 1.165) is 70.6 Å². The van der Waals surface area contributed by atoms with Gasteiger partial charge in [-0.05, 0) is 80.0 Å². The third kappa shape index (κ3) is 18.5. The molecule has 0 bridgehead atoms. The first-order chi connectivity index (χ1) is 21.5. The Morgan fingerprint density at radius 3 is 1.33 bits per heavy atom. The van der Waals surface area contributed by atoms with E-state index in [1.165, 1.54) is 12.8 Å². The molecule has 3 aliphatic carbocycles. The van der Waals surface area contributed by atoms with E-state index in [-0.39, 0.29) is 41.8 Å². The molecule has 3 fully saturated rings. The highest BCUT2D eigenvalue weighted by molar-refractivity contribution is 5.67. The molecule has 268 valence electrons. The molecule has 0 spiro atoms. The first kappa shape index (κ1) is 40.7. The number of aliphatic carboxylic acids is 4. The fraction of sp³-hybridized carbons (Fsp3) is 0.879. The Labute approximate surface area is 271 Å². The second-order valence-electron chi connectivity index (χ2n) is 13.2. The van der Waals surface area contributed by atoms with E-state index in [4.69, 9.17) is 30.9 Å². The normalized spacial score (nSPS) is 28.0. The van der Waals surface area contributed by atoms with Gasteiger partial charge in [-0.2, -0.15) is 0 Å². The summed E-state index contributed by atoms with van der Waals surface area (Å²) in [6.07, 6.45) is 16.0. The second-order valence-corrected chi connectivity index (χ2v) is 13.2. The van der Waals surface area contributed by atoms with Crippen LogP contribution in [0.5, 0.6) is 0 Å². The lowest BCUT2D eigenvalue weighted by Gasteiger charge is -2.36. The maximum Gasteiger partial charge on any atom is 0.303 e. The number of hydrogen-bond acceptors (Lipinski definition) is 8. The van der Waals surface area contributed by atoms with E-state index in [1.54, 1.807) is 0 Å². The monoisotopic (exact) mass is 652 g/mol. The molecule has 0 aliphatic heterocycles. The fourth-order valence-electron chi connectivity index (χ4n) is 7.80. The molecule has 7 atom stereocenters. The van der Waals surface area contributed by atoms with Crippen LogP contribution in [0.25, 0.3) is 0 Å². The Kier molecular flexibility index (Phi) is 21.7. The smallest absolute Gasteiger partial charge is 0.303 e. The van der Waals surface area contributed by atoms with E-state index in [9.17, 15) is 19.2 Å². The number of hydrogen-bond donors (Lipinski definition) is 6. The number of carboxylic acids is 4. The molecule has 3 saturated carbocycles. The van der Waals surface area contributed by atoms with Crippen molar-refractivity contribution in [2.24, 2.45) is 41.4 Å². The SMILES string of the molecule is CC1CCCC(CCC(=O)O)C1CCC(=O)O.O=C(O)CC1CCCCC1CCOO.O=C(O)CC1CCCCC1CCOO.[HH].[HH].[HH]. The van der Waals surface area contributed by atoms with Gasteiger partial charge in [0.25, 0.3) is 0 Å². The van der Waals surface area contributed by atoms with E-state index in [1.807, 2.05) is 0 Å². The summed E-state index contributed by atoms with van der Waals surface area (Å²) in [5.74, 6) is -0.249. The van der Waals surface area contributed by atoms with Crippen molar-refractivity contribution in [3.05, 3.63) is 0 Å². The predicted molar refractivity (Wildman–Crippen MR) is 172 cm³/mol. The Morgan fingerprint density at radius 2 is 0.933 bits per heavy atom. The van der Waals surface area contributed by atoms with Crippen molar-refractivity contribution in [3.8, 4) is 0 Å². The van der Waals surface area contributed by atoms with Gasteiger partial charge in [0.2, 0.25) is 0 Å². The third-order valence-corrected chi connectivity index (χ3v) is 10.2. The molecule has 7 unspecified atom stereocenters. The first-order valence-electron chi connectivity index (χ1n) is 16.9. The first-order valence-corrected chi connectivity index (χ1v) is 16.9. The highest BCUT2D eigenvalue weighted by Gasteiger charge is 2.31. The fourth-order valence-corrected chi connectivity index (χ4v) is 7.80. The quantitative estimate of drug-likeness (QED) is 0.0697. The summed E-state index contributed by atoms with van der Waals surface area (Å²) in [6.45, 7) is 2.81. The lowest BCUT2D eigenvalue weighted by atomic mass is 9.69. The van der Waals surface area contributed by atoms with Crippen molar-refractivity contribution in [1.82, 2.24) is 0 Å². The van der Waals surface area contributed by atoms with Crippen LogP contribution in [0.2, 0.25) is 0 Å². The Bertz CT molecular complexity index is 826. The largest absolute Gasteiger partial charge is 0.481 e. The summed E-state index contributed by atoms with van der Waals surface area (Å²) < 4.78 is 0. The van der Waals surface area contributed by atoms with Gasteiger partial charge in [0.15, 0.2) is 0 Å². The molecule has 12 heteroatoms. The van der Waals surface area contributed by atoms with Crippen LogP contribution in [0.3, 0.4) is 0 Å². The van der Waals surface area contributed by atoms with Gasteiger partial charge in [0, 0.05) is 30.0 Å². The maximum atomic E-state index is 10.6. The van der Waals surface area contributed by atoms with Gasteiger partial charge < -0.3 is 20.4 Å². The third-order valence-electron chi connectivity index (χ3n) is 10.2. The molecule has 0 amide bonds. The highest BCUT2D eigenvalue weighted by atomic mass is 17.1. The van der Waals surface area contributed by atoms with Gasteiger partial charge in [-0.25, -0.2) is 9.78 Å². The van der Waals surface area contributed by atoms with Crippen molar-refractivity contribution in [2.75, 3.05) is 13.2 Å². The van der Waals surface area contributed by atoms with Gasteiger partial charge >= 0.3 is 23.9 Å². The second kappa shape index (κ2) is 24.0. The summed E-state index contributed by atoms with van der Waals surface area (Å²) >= 11 is 0. The molecule has 45 heavy (non-hydrogen) atoms. The van der Waals surface area contributed by atoms with Crippen LogP contribution in [0.4, 0.5) is 0 Å².